The van der Waals surface area contributed by atoms with Crippen LogP contribution in [0.4, 0.5) is 0 Å². The first-order valence-electron chi connectivity index (χ1n) is 4.52. The number of nitrogens with zero attached hydrogens (tertiary/aromatic N) is 5. The van der Waals surface area contributed by atoms with E-state index in [0.717, 1.165) is 4.57 Å². The Balaban J connectivity index is 3.10. The van der Waals surface area contributed by atoms with E-state index in [2.05, 4.69) is 10.0 Å². The van der Waals surface area contributed by atoms with E-state index in [4.69, 9.17) is 5.53 Å². The molecule has 1 rings (SSSR count). The van der Waals surface area contributed by atoms with Crippen LogP contribution in [-0.2, 0) is 13.1 Å². The standard InChI is InChI=1S/C8H11N5O2/c1-2-12-5-3-7(14)13(8(12)15)6-4-10-11-9/h3,5H,2,4,6H2,1H3. The van der Waals surface area contributed by atoms with Gasteiger partial charge in [0, 0.05) is 36.8 Å². The first kappa shape index (κ1) is 11.1. The van der Waals surface area contributed by atoms with E-state index >= 15 is 0 Å². The van der Waals surface area contributed by atoms with Crippen molar-refractivity contribution in [1.29, 1.82) is 0 Å². The predicted octanol–water partition coefficient (Wildman–Crippen LogP) is 0.340. The van der Waals surface area contributed by atoms with Crippen LogP contribution < -0.4 is 11.2 Å². The van der Waals surface area contributed by atoms with Crippen molar-refractivity contribution in [1.82, 2.24) is 9.13 Å². The van der Waals surface area contributed by atoms with Gasteiger partial charge in [-0.2, -0.15) is 0 Å². The number of azide groups is 1. The van der Waals surface area contributed by atoms with Gasteiger partial charge in [0.15, 0.2) is 0 Å². The molecule has 0 atom stereocenters. The number of rotatable bonds is 4. The lowest BCUT2D eigenvalue weighted by Gasteiger charge is -2.05. The van der Waals surface area contributed by atoms with Gasteiger partial charge in [0.25, 0.3) is 5.56 Å². The van der Waals surface area contributed by atoms with Crippen molar-refractivity contribution >= 4 is 0 Å². The highest BCUT2D eigenvalue weighted by Crippen LogP contribution is 1.80. The Morgan fingerprint density at radius 1 is 1.53 bits per heavy atom. The summed E-state index contributed by atoms with van der Waals surface area (Å²) in [6.07, 6.45) is 1.45. The van der Waals surface area contributed by atoms with E-state index in [9.17, 15) is 9.59 Å². The van der Waals surface area contributed by atoms with E-state index in [1.54, 1.807) is 0 Å². The van der Waals surface area contributed by atoms with E-state index < -0.39 is 0 Å². The van der Waals surface area contributed by atoms with Gasteiger partial charge in [0.2, 0.25) is 0 Å². The maximum Gasteiger partial charge on any atom is 0.330 e. The fraction of sp³-hybridized carbons (Fsp3) is 0.500. The molecule has 0 fully saturated rings. The summed E-state index contributed by atoms with van der Waals surface area (Å²) in [5, 5.41) is 3.28. The van der Waals surface area contributed by atoms with Crippen molar-refractivity contribution in [3.63, 3.8) is 0 Å². The number of aryl methyl sites for hydroxylation is 1. The van der Waals surface area contributed by atoms with Crippen LogP contribution in [0, 0.1) is 0 Å². The second kappa shape index (κ2) is 5.02. The lowest BCUT2D eigenvalue weighted by molar-refractivity contribution is 0.570. The summed E-state index contributed by atoms with van der Waals surface area (Å²) in [4.78, 5) is 25.5. The molecule has 0 aliphatic rings. The summed E-state index contributed by atoms with van der Waals surface area (Å²) >= 11 is 0. The van der Waals surface area contributed by atoms with Crippen molar-refractivity contribution in [3.8, 4) is 0 Å². The van der Waals surface area contributed by atoms with E-state index in [0.29, 0.717) is 6.54 Å². The second-order valence-electron chi connectivity index (χ2n) is 2.83. The molecule has 15 heavy (non-hydrogen) atoms. The van der Waals surface area contributed by atoms with Gasteiger partial charge in [-0.05, 0) is 12.5 Å². The molecule has 80 valence electrons. The number of aromatic nitrogens is 2. The van der Waals surface area contributed by atoms with Crippen LogP contribution in [0.15, 0.2) is 27.0 Å². The molecular weight excluding hydrogens is 198 g/mol. The topological polar surface area (TPSA) is 92.8 Å². The Morgan fingerprint density at radius 3 is 2.87 bits per heavy atom. The summed E-state index contributed by atoms with van der Waals surface area (Å²) in [6.45, 7) is 2.52. The average molecular weight is 209 g/mol. The van der Waals surface area contributed by atoms with Crippen LogP contribution in [0.2, 0.25) is 0 Å². The maximum atomic E-state index is 11.6. The predicted molar refractivity (Wildman–Crippen MR) is 54.6 cm³/mol. The molecule has 0 bridgehead atoms. The third kappa shape index (κ3) is 2.47. The zero-order valence-electron chi connectivity index (χ0n) is 8.33. The largest absolute Gasteiger partial charge is 0.330 e. The fourth-order valence-corrected chi connectivity index (χ4v) is 1.19. The van der Waals surface area contributed by atoms with Gasteiger partial charge in [0.05, 0.1) is 0 Å². The average Bonchev–Trinajstić information content (AvgIpc) is 2.23. The van der Waals surface area contributed by atoms with E-state index in [1.165, 1.54) is 16.8 Å². The highest BCUT2D eigenvalue weighted by Gasteiger charge is 2.02. The van der Waals surface area contributed by atoms with Crippen molar-refractivity contribution in [3.05, 3.63) is 43.5 Å². The molecule has 0 aliphatic carbocycles. The molecule has 0 saturated carbocycles. The Morgan fingerprint density at radius 2 is 2.27 bits per heavy atom. The van der Waals surface area contributed by atoms with Gasteiger partial charge in [0.1, 0.15) is 0 Å². The summed E-state index contributed by atoms with van der Waals surface area (Å²) < 4.78 is 2.47. The van der Waals surface area contributed by atoms with Crippen LogP contribution in [0.1, 0.15) is 6.92 Å². The van der Waals surface area contributed by atoms with Crippen LogP contribution >= 0.6 is 0 Å². The Labute approximate surface area is 85.2 Å². The van der Waals surface area contributed by atoms with Gasteiger partial charge in [-0.3, -0.25) is 9.36 Å². The van der Waals surface area contributed by atoms with Crippen molar-refractivity contribution in [2.45, 2.75) is 20.0 Å². The Bertz CT molecular complexity index is 494. The van der Waals surface area contributed by atoms with E-state index in [-0.39, 0.29) is 24.3 Å². The molecule has 0 unspecified atom stereocenters. The smallest absolute Gasteiger partial charge is 0.301 e. The Kier molecular flexibility index (Phi) is 3.70. The van der Waals surface area contributed by atoms with E-state index in [1.807, 2.05) is 6.92 Å². The summed E-state index contributed by atoms with van der Waals surface area (Å²) in [6, 6.07) is 1.32. The molecular formula is C8H11N5O2. The third-order valence-corrected chi connectivity index (χ3v) is 1.97. The van der Waals surface area contributed by atoms with Gasteiger partial charge >= 0.3 is 5.69 Å². The van der Waals surface area contributed by atoms with Crippen LogP contribution in [0.25, 0.3) is 10.4 Å². The summed E-state index contributed by atoms with van der Waals surface area (Å²) in [7, 11) is 0. The molecule has 7 nitrogen and oxygen atoms in total. The van der Waals surface area contributed by atoms with Crippen LogP contribution in [-0.4, -0.2) is 15.7 Å². The zero-order chi connectivity index (χ0) is 11.3. The molecule has 0 spiro atoms. The minimum Gasteiger partial charge on any atom is -0.301 e. The normalized spacial score (nSPS) is 9.67. The second-order valence-corrected chi connectivity index (χ2v) is 2.83. The van der Waals surface area contributed by atoms with Crippen molar-refractivity contribution in [2.24, 2.45) is 5.11 Å². The Hall–Kier alpha value is -2.01. The molecule has 0 aliphatic heterocycles. The molecule has 1 heterocycles. The molecule has 0 saturated heterocycles. The van der Waals surface area contributed by atoms with Gasteiger partial charge < -0.3 is 4.57 Å². The number of hydrogen-bond donors (Lipinski definition) is 0. The molecule has 0 radical (unpaired) electrons. The maximum absolute atomic E-state index is 11.6. The molecule has 0 amide bonds. The first-order chi connectivity index (χ1) is 7.20. The lowest BCUT2D eigenvalue weighted by atomic mass is 10.5. The quantitative estimate of drug-likeness (QED) is 0.406. The third-order valence-electron chi connectivity index (χ3n) is 1.97. The molecule has 0 N–H and O–H groups in total. The van der Waals surface area contributed by atoms with Crippen LogP contribution in [0.3, 0.4) is 0 Å². The van der Waals surface area contributed by atoms with Gasteiger partial charge in [-0.1, -0.05) is 5.11 Å². The minimum atomic E-state index is -0.377. The van der Waals surface area contributed by atoms with Crippen molar-refractivity contribution < 1.29 is 0 Å². The zero-order valence-corrected chi connectivity index (χ0v) is 8.33. The molecule has 0 aromatic carbocycles. The molecule has 1 aromatic heterocycles. The first-order valence-corrected chi connectivity index (χ1v) is 4.52. The highest BCUT2D eigenvalue weighted by atomic mass is 16.2. The van der Waals surface area contributed by atoms with Gasteiger partial charge in [-0.25, -0.2) is 4.79 Å². The minimum absolute atomic E-state index is 0.0966. The summed E-state index contributed by atoms with van der Waals surface area (Å²) in [5.74, 6) is 0. The van der Waals surface area contributed by atoms with Gasteiger partial charge in [-0.15, -0.1) is 0 Å². The SMILES string of the molecule is CCn1ccc(=O)n(CCN=[N+]=[N-])c1=O. The summed E-state index contributed by atoms with van der Waals surface area (Å²) in [5.41, 5.74) is 7.32. The fourth-order valence-electron chi connectivity index (χ4n) is 1.19. The molecule has 7 heteroatoms. The van der Waals surface area contributed by atoms with Crippen molar-refractivity contribution in [2.75, 3.05) is 6.54 Å². The monoisotopic (exact) mass is 209 g/mol. The number of hydrogen-bond acceptors (Lipinski definition) is 3. The highest BCUT2D eigenvalue weighted by molar-refractivity contribution is 4.86. The van der Waals surface area contributed by atoms with Crippen LogP contribution in [0.5, 0.6) is 0 Å². The molecule has 1 aromatic rings. The lowest BCUT2D eigenvalue weighted by Crippen LogP contribution is -2.39.